The average Bonchev–Trinajstić information content (AvgIpc) is 3.36. The van der Waals surface area contributed by atoms with Crippen LogP contribution in [-0.4, -0.2) is 20.2 Å². The monoisotopic (exact) mass is 379 g/mol. The van der Waals surface area contributed by atoms with E-state index < -0.39 is 9.84 Å². The fraction of sp³-hybridized carbons (Fsp3) is 0.238. The van der Waals surface area contributed by atoms with Crippen molar-refractivity contribution in [3.63, 3.8) is 0 Å². The van der Waals surface area contributed by atoms with Gasteiger partial charge in [0.15, 0.2) is 0 Å². The molecule has 5 nitrogen and oxygen atoms in total. The number of sulfone groups is 1. The van der Waals surface area contributed by atoms with E-state index in [4.69, 9.17) is 0 Å². The molecule has 0 unspecified atom stereocenters. The summed E-state index contributed by atoms with van der Waals surface area (Å²) >= 11 is 0. The number of allylic oxidation sites excluding steroid dienone is 2. The maximum absolute atomic E-state index is 12.8. The predicted molar refractivity (Wildman–Crippen MR) is 98.5 cm³/mol. The van der Waals surface area contributed by atoms with Crippen molar-refractivity contribution >= 4 is 27.3 Å². The summed E-state index contributed by atoms with van der Waals surface area (Å²) in [5.74, 6) is -0.556. The molecule has 0 N–H and O–H groups in total. The van der Waals surface area contributed by atoms with Gasteiger partial charge in [0.1, 0.15) is 0 Å². The number of hydrogen-bond donors (Lipinski definition) is 0. The van der Waals surface area contributed by atoms with Gasteiger partial charge in [0.2, 0.25) is 21.7 Å². The Morgan fingerprint density at radius 1 is 0.741 bits per heavy atom. The number of imide groups is 1. The maximum Gasteiger partial charge on any atom is 0.238 e. The predicted octanol–water partition coefficient (Wildman–Crippen LogP) is 2.83. The first-order valence-electron chi connectivity index (χ1n) is 8.95. The second-order valence-corrected chi connectivity index (χ2v) is 9.27. The Bertz CT molecular complexity index is 1040. The molecule has 136 valence electrons. The third-order valence-electron chi connectivity index (χ3n) is 5.93. The molecule has 0 spiro atoms. The molecule has 0 aromatic heterocycles. The van der Waals surface area contributed by atoms with Crippen LogP contribution in [0.1, 0.15) is 6.42 Å². The van der Waals surface area contributed by atoms with Gasteiger partial charge in [-0.3, -0.25) is 14.5 Å². The van der Waals surface area contributed by atoms with Crippen molar-refractivity contribution in [3.05, 3.63) is 66.7 Å². The van der Waals surface area contributed by atoms with E-state index in [1.165, 1.54) is 17.0 Å². The molecule has 1 saturated carbocycles. The van der Waals surface area contributed by atoms with Gasteiger partial charge in [-0.2, -0.15) is 0 Å². The number of anilines is 1. The minimum absolute atomic E-state index is 0.137. The minimum Gasteiger partial charge on any atom is -0.274 e. The first-order chi connectivity index (χ1) is 13.0. The lowest BCUT2D eigenvalue weighted by molar-refractivity contribution is -0.123. The van der Waals surface area contributed by atoms with E-state index in [-0.39, 0.29) is 45.3 Å². The number of hydrogen-bond acceptors (Lipinski definition) is 4. The summed E-state index contributed by atoms with van der Waals surface area (Å²) in [6.45, 7) is 0. The molecule has 1 saturated heterocycles. The van der Waals surface area contributed by atoms with Crippen LogP contribution in [0.2, 0.25) is 0 Å². The molecule has 3 aliphatic rings. The van der Waals surface area contributed by atoms with Gasteiger partial charge in [-0.15, -0.1) is 0 Å². The van der Waals surface area contributed by atoms with Crippen molar-refractivity contribution < 1.29 is 18.0 Å². The fourth-order valence-electron chi connectivity index (χ4n) is 4.67. The van der Waals surface area contributed by atoms with Crippen molar-refractivity contribution in [2.24, 2.45) is 23.7 Å². The lowest BCUT2D eigenvalue weighted by atomic mass is 9.85. The molecule has 6 heteroatoms. The van der Waals surface area contributed by atoms with Crippen LogP contribution in [0.15, 0.2) is 76.5 Å². The van der Waals surface area contributed by atoms with E-state index in [0.717, 1.165) is 6.42 Å². The molecule has 0 radical (unpaired) electrons. The first-order valence-corrected chi connectivity index (χ1v) is 10.4. The highest BCUT2D eigenvalue weighted by Gasteiger charge is 2.59. The molecule has 2 amide bonds. The molecule has 5 rings (SSSR count). The molecular formula is C21H17NO4S. The van der Waals surface area contributed by atoms with Crippen molar-refractivity contribution in [3.8, 4) is 0 Å². The summed E-state index contributed by atoms with van der Waals surface area (Å²) in [4.78, 5) is 27.3. The van der Waals surface area contributed by atoms with Gasteiger partial charge < -0.3 is 0 Å². The van der Waals surface area contributed by atoms with Gasteiger partial charge in [0.05, 0.1) is 27.3 Å². The van der Waals surface area contributed by atoms with Crippen molar-refractivity contribution in [1.82, 2.24) is 0 Å². The summed E-state index contributed by atoms with van der Waals surface area (Å²) < 4.78 is 25.4. The topological polar surface area (TPSA) is 71.5 Å². The van der Waals surface area contributed by atoms with Crippen molar-refractivity contribution in [1.29, 1.82) is 0 Å². The molecule has 2 aromatic carbocycles. The van der Waals surface area contributed by atoms with Crippen LogP contribution in [0.4, 0.5) is 5.69 Å². The van der Waals surface area contributed by atoms with Gasteiger partial charge in [-0.05, 0) is 54.7 Å². The Morgan fingerprint density at radius 2 is 1.26 bits per heavy atom. The van der Waals surface area contributed by atoms with Gasteiger partial charge in [-0.1, -0.05) is 30.4 Å². The number of amides is 2. The molecule has 2 aliphatic carbocycles. The van der Waals surface area contributed by atoms with E-state index in [2.05, 4.69) is 12.2 Å². The fourth-order valence-corrected chi connectivity index (χ4v) is 5.95. The Kier molecular flexibility index (Phi) is 3.43. The van der Waals surface area contributed by atoms with E-state index in [0.29, 0.717) is 5.69 Å². The number of carbonyl (C=O) groups excluding carboxylic acids is 2. The van der Waals surface area contributed by atoms with Gasteiger partial charge >= 0.3 is 0 Å². The summed E-state index contributed by atoms with van der Waals surface area (Å²) in [7, 11) is -3.63. The molecule has 27 heavy (non-hydrogen) atoms. The standard InChI is InChI=1S/C21H17NO4S/c23-20-18-13-6-7-14(12-13)19(18)21(24)22(20)15-8-10-17(11-9-15)27(25,26)16-4-2-1-3-5-16/h1-11,13-14,18-19H,12H2/t13-,14-,18+,19+/m1/s1. The summed E-state index contributed by atoms with van der Waals surface area (Å²) in [5.41, 5.74) is 0.436. The molecule has 2 fully saturated rings. The van der Waals surface area contributed by atoms with Crippen LogP contribution in [0.25, 0.3) is 0 Å². The quantitative estimate of drug-likeness (QED) is 0.607. The van der Waals surface area contributed by atoms with E-state index >= 15 is 0 Å². The van der Waals surface area contributed by atoms with Gasteiger partial charge in [0.25, 0.3) is 0 Å². The van der Waals surface area contributed by atoms with Crippen molar-refractivity contribution in [2.75, 3.05) is 4.90 Å². The van der Waals surface area contributed by atoms with E-state index in [9.17, 15) is 18.0 Å². The van der Waals surface area contributed by atoms with Gasteiger partial charge in [0, 0.05) is 0 Å². The molecule has 2 aromatic rings. The highest BCUT2D eigenvalue weighted by molar-refractivity contribution is 7.91. The van der Waals surface area contributed by atoms with Crippen LogP contribution in [0.5, 0.6) is 0 Å². The minimum atomic E-state index is -3.63. The number of fused-ring (bicyclic) bond motifs is 5. The number of carbonyl (C=O) groups is 2. The van der Waals surface area contributed by atoms with Crippen LogP contribution in [-0.2, 0) is 19.4 Å². The second-order valence-electron chi connectivity index (χ2n) is 7.32. The normalized spacial score (nSPS) is 28.8. The Labute approximate surface area is 157 Å². The lowest BCUT2D eigenvalue weighted by Crippen LogP contribution is -2.32. The molecule has 2 bridgehead atoms. The van der Waals surface area contributed by atoms with Crippen LogP contribution in [0.3, 0.4) is 0 Å². The summed E-state index contributed by atoms with van der Waals surface area (Å²) in [6.07, 6.45) is 4.99. The van der Waals surface area contributed by atoms with Crippen molar-refractivity contribution in [2.45, 2.75) is 16.2 Å². The van der Waals surface area contributed by atoms with Crippen LogP contribution < -0.4 is 4.90 Å². The zero-order valence-corrected chi connectivity index (χ0v) is 15.2. The highest BCUT2D eigenvalue weighted by Crippen LogP contribution is 2.53. The van der Waals surface area contributed by atoms with Crippen LogP contribution in [0, 0.1) is 23.7 Å². The molecule has 1 aliphatic heterocycles. The Hall–Kier alpha value is -2.73. The van der Waals surface area contributed by atoms with Crippen LogP contribution >= 0.6 is 0 Å². The van der Waals surface area contributed by atoms with Gasteiger partial charge in [-0.25, -0.2) is 8.42 Å². The Morgan fingerprint density at radius 3 is 1.81 bits per heavy atom. The number of benzene rings is 2. The highest BCUT2D eigenvalue weighted by atomic mass is 32.2. The maximum atomic E-state index is 12.8. The summed E-state index contributed by atoms with van der Waals surface area (Å²) in [5, 5.41) is 0. The van der Waals surface area contributed by atoms with E-state index in [1.807, 2.05) is 0 Å². The third kappa shape index (κ3) is 2.26. The first kappa shape index (κ1) is 16.4. The summed E-state index contributed by atoms with van der Waals surface area (Å²) in [6, 6.07) is 14.2. The SMILES string of the molecule is O=C1[C@@H]2[C@@H](C(=O)N1c1ccc(S(=O)(=O)c3ccccc3)cc1)[C@@H]1C=C[C@@H]2C1. The van der Waals surface area contributed by atoms with E-state index in [1.54, 1.807) is 42.5 Å². The lowest BCUT2D eigenvalue weighted by Gasteiger charge is -2.17. The molecule has 4 atom stereocenters. The zero-order chi connectivity index (χ0) is 18.8. The largest absolute Gasteiger partial charge is 0.274 e. The number of nitrogens with zero attached hydrogens (tertiary/aromatic N) is 1. The Balaban J connectivity index is 1.47. The molecular weight excluding hydrogens is 362 g/mol. The average molecular weight is 379 g/mol. The second kappa shape index (κ2) is 5.63. The molecule has 1 heterocycles. The number of rotatable bonds is 3. The smallest absolute Gasteiger partial charge is 0.238 e. The zero-order valence-electron chi connectivity index (χ0n) is 14.4. The third-order valence-corrected chi connectivity index (χ3v) is 7.71.